The molecule has 2 aromatic carbocycles. The van der Waals surface area contributed by atoms with E-state index in [4.69, 9.17) is 15.6 Å². The van der Waals surface area contributed by atoms with Crippen molar-refractivity contribution in [3.8, 4) is 17.2 Å². The maximum absolute atomic E-state index is 12.5. The molecule has 0 radical (unpaired) electrons. The summed E-state index contributed by atoms with van der Waals surface area (Å²) in [4.78, 5) is 28.6. The van der Waals surface area contributed by atoms with Gasteiger partial charge in [-0.1, -0.05) is 24.8 Å². The average Bonchev–Trinajstić information content (AvgIpc) is 3.29. The van der Waals surface area contributed by atoms with Gasteiger partial charge in [0.25, 0.3) is 5.91 Å². The molecule has 0 spiro atoms. The fraction of sp³-hybridized carbons (Fsp3) is 0.269. The molecule has 9 nitrogen and oxygen atoms in total. The molecular weight excluding hydrogens is 444 g/mol. The number of carbonyl (C=O) groups excluding carboxylic acids is 2. The number of amides is 2. The Morgan fingerprint density at radius 1 is 1.03 bits per heavy atom. The van der Waals surface area contributed by atoms with Gasteiger partial charge in [-0.05, 0) is 48.9 Å². The van der Waals surface area contributed by atoms with Crippen LogP contribution in [0.2, 0.25) is 0 Å². The zero-order valence-corrected chi connectivity index (χ0v) is 19.4. The predicted molar refractivity (Wildman–Crippen MR) is 133 cm³/mol. The Labute approximate surface area is 203 Å². The molecule has 35 heavy (non-hydrogen) atoms. The number of aromatic nitrogens is 2. The third kappa shape index (κ3) is 4.50. The van der Waals surface area contributed by atoms with Crippen molar-refractivity contribution < 1.29 is 14.3 Å². The van der Waals surface area contributed by atoms with E-state index >= 15 is 0 Å². The van der Waals surface area contributed by atoms with Crippen LogP contribution in [0.1, 0.15) is 28.6 Å². The van der Waals surface area contributed by atoms with E-state index in [1.807, 2.05) is 54.6 Å². The Kier molecular flexibility index (Phi) is 6.24. The summed E-state index contributed by atoms with van der Waals surface area (Å²) < 4.78 is 7.50. The highest BCUT2D eigenvalue weighted by atomic mass is 16.5. The first-order valence-electron chi connectivity index (χ1n) is 11.7. The zero-order chi connectivity index (χ0) is 24.4. The molecule has 1 atom stereocenters. The van der Waals surface area contributed by atoms with Gasteiger partial charge in [0, 0.05) is 32.7 Å². The molecule has 0 saturated carbocycles. The second kappa shape index (κ2) is 9.63. The van der Waals surface area contributed by atoms with Gasteiger partial charge in [-0.2, -0.15) is 5.10 Å². The Hall–Kier alpha value is -4.11. The van der Waals surface area contributed by atoms with Crippen LogP contribution in [-0.2, 0) is 4.79 Å². The van der Waals surface area contributed by atoms with Crippen LogP contribution in [0.25, 0.3) is 5.69 Å². The van der Waals surface area contributed by atoms with Crippen molar-refractivity contribution in [2.45, 2.75) is 12.5 Å². The van der Waals surface area contributed by atoms with E-state index < -0.39 is 5.91 Å². The summed E-state index contributed by atoms with van der Waals surface area (Å²) in [5, 5.41) is 8.20. The van der Waals surface area contributed by atoms with Crippen molar-refractivity contribution in [3.63, 3.8) is 0 Å². The number of anilines is 1. The molecule has 1 unspecified atom stereocenters. The summed E-state index contributed by atoms with van der Waals surface area (Å²) in [5.74, 6) is 0.837. The van der Waals surface area contributed by atoms with Crippen LogP contribution in [0.3, 0.4) is 0 Å². The topological polar surface area (TPSA) is 106 Å². The van der Waals surface area contributed by atoms with Crippen LogP contribution < -0.4 is 15.8 Å². The van der Waals surface area contributed by atoms with Crippen molar-refractivity contribution in [3.05, 3.63) is 78.6 Å². The smallest absolute Gasteiger partial charge is 0.269 e. The highest BCUT2D eigenvalue weighted by molar-refractivity contribution is 5.98. The Morgan fingerprint density at radius 3 is 2.37 bits per heavy atom. The lowest BCUT2D eigenvalue weighted by atomic mass is 10.0. The van der Waals surface area contributed by atoms with Crippen LogP contribution in [-0.4, -0.2) is 64.1 Å². The van der Waals surface area contributed by atoms with Gasteiger partial charge in [-0.25, -0.2) is 4.68 Å². The van der Waals surface area contributed by atoms with Gasteiger partial charge in [0.1, 0.15) is 17.2 Å². The molecule has 9 heteroatoms. The van der Waals surface area contributed by atoms with Gasteiger partial charge in [0.2, 0.25) is 5.91 Å². The number of hydrogen-bond donors (Lipinski definition) is 2. The van der Waals surface area contributed by atoms with Gasteiger partial charge in [0.05, 0.1) is 17.4 Å². The second-order valence-corrected chi connectivity index (χ2v) is 8.59. The Morgan fingerprint density at radius 2 is 1.71 bits per heavy atom. The molecule has 3 N–H and O–H groups in total. The molecule has 1 fully saturated rings. The number of hydrogen-bond acceptors (Lipinski definition) is 6. The summed E-state index contributed by atoms with van der Waals surface area (Å²) >= 11 is 0. The summed E-state index contributed by atoms with van der Waals surface area (Å²) in [6.45, 7) is 7.02. The van der Waals surface area contributed by atoms with E-state index in [1.165, 1.54) is 6.08 Å². The molecule has 3 aromatic rings. The largest absolute Gasteiger partial charge is 0.457 e. The van der Waals surface area contributed by atoms with Crippen LogP contribution in [0.15, 0.2) is 67.3 Å². The number of fused-ring (bicyclic) bond motifs is 1. The Bertz CT molecular complexity index is 1230. The first kappa shape index (κ1) is 22.7. The molecule has 1 aromatic heterocycles. The predicted octanol–water partition coefficient (Wildman–Crippen LogP) is 2.95. The van der Waals surface area contributed by atoms with Crippen molar-refractivity contribution in [2.24, 2.45) is 5.73 Å². The monoisotopic (exact) mass is 472 g/mol. The van der Waals surface area contributed by atoms with Gasteiger partial charge in [0.15, 0.2) is 5.69 Å². The van der Waals surface area contributed by atoms with Crippen molar-refractivity contribution in [1.29, 1.82) is 0 Å². The number of primary amides is 1. The molecular formula is C26H28N6O3. The number of nitrogens with one attached hydrogen (secondary N) is 1. The normalized spacial score (nSPS) is 17.8. The van der Waals surface area contributed by atoms with E-state index in [1.54, 1.807) is 9.58 Å². The average molecular weight is 473 g/mol. The molecule has 1 saturated heterocycles. The van der Waals surface area contributed by atoms with Gasteiger partial charge >= 0.3 is 0 Å². The summed E-state index contributed by atoms with van der Waals surface area (Å²) in [6.07, 6.45) is 2.21. The van der Waals surface area contributed by atoms with Crippen molar-refractivity contribution in [1.82, 2.24) is 19.6 Å². The molecule has 0 bridgehead atoms. The second-order valence-electron chi connectivity index (χ2n) is 8.59. The summed E-state index contributed by atoms with van der Waals surface area (Å²) in [7, 11) is 0. The number of ether oxygens (including phenoxy) is 1. The molecule has 3 heterocycles. The van der Waals surface area contributed by atoms with E-state index in [2.05, 4.69) is 16.8 Å². The van der Waals surface area contributed by atoms with Gasteiger partial charge < -0.3 is 20.7 Å². The number of nitrogens with two attached hydrogens (primary N) is 1. The minimum Gasteiger partial charge on any atom is -0.457 e. The fourth-order valence-corrected chi connectivity index (χ4v) is 4.75. The third-order valence-electron chi connectivity index (χ3n) is 6.48. The maximum atomic E-state index is 12.5. The number of piperazine rings is 1. The first-order valence-corrected chi connectivity index (χ1v) is 11.7. The van der Waals surface area contributed by atoms with Crippen molar-refractivity contribution >= 4 is 17.5 Å². The molecule has 5 rings (SSSR count). The fourth-order valence-electron chi connectivity index (χ4n) is 4.75. The zero-order valence-electron chi connectivity index (χ0n) is 19.4. The lowest BCUT2D eigenvalue weighted by molar-refractivity contribution is -0.128. The van der Waals surface area contributed by atoms with Crippen LogP contribution in [0.5, 0.6) is 11.5 Å². The lowest BCUT2D eigenvalue weighted by Gasteiger charge is -2.40. The van der Waals surface area contributed by atoms with Crippen LogP contribution >= 0.6 is 0 Å². The number of rotatable bonds is 6. The molecule has 0 aliphatic carbocycles. The number of benzene rings is 2. The number of para-hydroxylation sites is 1. The standard InChI is InChI=1S/C26H28N6O3/c1-2-22(33)31-16-14-30(15-17-31)21-12-13-28-24-23(21)29-32(25(24)26(27)34)18-8-10-20(11-9-18)35-19-6-4-3-5-7-19/h2-11,21,28H,1,12-17H2,(H2,27,34). The van der Waals surface area contributed by atoms with Gasteiger partial charge in [-0.3, -0.25) is 14.5 Å². The van der Waals surface area contributed by atoms with Gasteiger partial charge in [-0.15, -0.1) is 0 Å². The number of nitrogens with zero attached hydrogens (tertiary/aromatic N) is 4. The van der Waals surface area contributed by atoms with Crippen LogP contribution in [0, 0.1) is 0 Å². The first-order chi connectivity index (χ1) is 17.0. The van der Waals surface area contributed by atoms with E-state index in [0.29, 0.717) is 36.8 Å². The molecule has 2 aliphatic rings. The highest BCUT2D eigenvalue weighted by Crippen LogP contribution is 2.37. The van der Waals surface area contributed by atoms with Crippen LogP contribution in [0.4, 0.5) is 5.69 Å². The minimum absolute atomic E-state index is 0.0345. The van der Waals surface area contributed by atoms with E-state index in [0.717, 1.165) is 36.6 Å². The minimum atomic E-state index is -0.544. The van der Waals surface area contributed by atoms with E-state index in [9.17, 15) is 9.59 Å². The summed E-state index contributed by atoms with van der Waals surface area (Å²) in [6, 6.07) is 17.0. The quantitative estimate of drug-likeness (QED) is 0.535. The summed E-state index contributed by atoms with van der Waals surface area (Å²) in [5.41, 5.74) is 8.35. The SMILES string of the molecule is C=CC(=O)N1CCN(C2CCNc3c2nn(-c2ccc(Oc4ccccc4)cc2)c3C(N)=O)CC1. The molecule has 2 aliphatic heterocycles. The van der Waals surface area contributed by atoms with E-state index in [-0.39, 0.29) is 11.9 Å². The lowest BCUT2D eigenvalue weighted by Crippen LogP contribution is -2.50. The third-order valence-corrected chi connectivity index (χ3v) is 6.48. The molecule has 180 valence electrons. The number of carbonyl (C=O) groups is 2. The Balaban J connectivity index is 1.41. The highest BCUT2D eigenvalue weighted by Gasteiger charge is 2.35. The van der Waals surface area contributed by atoms with Crippen molar-refractivity contribution in [2.75, 3.05) is 38.0 Å². The molecule has 2 amide bonds. The maximum Gasteiger partial charge on any atom is 0.269 e.